The molecule has 7 nitrogen and oxygen atoms in total. The van der Waals surface area contributed by atoms with Gasteiger partial charge in [-0.25, -0.2) is 0 Å². The van der Waals surface area contributed by atoms with Crippen LogP contribution in [-0.4, -0.2) is 55.5 Å². The van der Waals surface area contributed by atoms with Crippen molar-refractivity contribution in [3.05, 3.63) is 71.3 Å². The predicted molar refractivity (Wildman–Crippen MR) is 106 cm³/mol. The molecule has 1 atom stereocenters. The number of esters is 1. The molecule has 2 aromatic rings. The molecule has 0 bridgehead atoms. The van der Waals surface area contributed by atoms with Gasteiger partial charge >= 0.3 is 5.97 Å². The van der Waals surface area contributed by atoms with Crippen LogP contribution in [0.3, 0.4) is 0 Å². The van der Waals surface area contributed by atoms with Crippen LogP contribution in [0.1, 0.15) is 27.6 Å². The van der Waals surface area contributed by atoms with E-state index >= 15 is 0 Å². The second kappa shape index (κ2) is 9.84. The normalized spacial score (nSPS) is 14.7. The summed E-state index contributed by atoms with van der Waals surface area (Å²) in [5.74, 6) is -1.35. The molecule has 7 heteroatoms. The zero-order valence-electron chi connectivity index (χ0n) is 16.3. The highest BCUT2D eigenvalue weighted by Gasteiger charge is 2.30. The Morgan fingerprint density at radius 1 is 1.03 bits per heavy atom. The Kier molecular flexibility index (Phi) is 6.97. The summed E-state index contributed by atoms with van der Waals surface area (Å²) in [6.45, 7) is 3.40. The molecule has 0 radical (unpaired) electrons. The van der Waals surface area contributed by atoms with Crippen LogP contribution in [0.5, 0.6) is 0 Å². The molecular weight excluding hydrogens is 372 g/mol. The molecule has 2 amide bonds. The minimum absolute atomic E-state index is 0.294. The first-order chi connectivity index (χ1) is 14.0. The molecule has 0 spiro atoms. The number of carbonyl (C=O) groups is 3. The van der Waals surface area contributed by atoms with E-state index in [1.54, 1.807) is 41.3 Å². The first kappa shape index (κ1) is 20.5. The molecular formula is C22H24N2O5. The zero-order chi connectivity index (χ0) is 20.6. The second-order valence-corrected chi connectivity index (χ2v) is 6.77. The summed E-state index contributed by atoms with van der Waals surface area (Å²) in [7, 11) is 0. The van der Waals surface area contributed by atoms with Gasteiger partial charge in [-0.05, 0) is 19.1 Å². The summed E-state index contributed by atoms with van der Waals surface area (Å²) < 4.78 is 10.8. The number of aryl methyl sites for hydroxylation is 1. The Balaban J connectivity index is 1.63. The minimum Gasteiger partial charge on any atom is -0.446 e. The van der Waals surface area contributed by atoms with Crippen molar-refractivity contribution in [3.63, 3.8) is 0 Å². The lowest BCUT2D eigenvalue weighted by Gasteiger charge is -2.30. The van der Waals surface area contributed by atoms with Crippen molar-refractivity contribution in [1.82, 2.24) is 10.2 Å². The Morgan fingerprint density at radius 2 is 1.69 bits per heavy atom. The van der Waals surface area contributed by atoms with E-state index < -0.39 is 12.1 Å². The van der Waals surface area contributed by atoms with E-state index in [4.69, 9.17) is 9.47 Å². The van der Waals surface area contributed by atoms with Gasteiger partial charge in [0.2, 0.25) is 6.10 Å². The van der Waals surface area contributed by atoms with Crippen LogP contribution < -0.4 is 5.32 Å². The lowest BCUT2D eigenvalue weighted by Crippen LogP contribution is -2.44. The third-order valence-electron chi connectivity index (χ3n) is 4.61. The molecule has 1 saturated heterocycles. The fourth-order valence-corrected chi connectivity index (χ4v) is 2.97. The van der Waals surface area contributed by atoms with Gasteiger partial charge in [0.25, 0.3) is 11.8 Å². The van der Waals surface area contributed by atoms with Crippen molar-refractivity contribution in [2.24, 2.45) is 0 Å². The van der Waals surface area contributed by atoms with Crippen molar-refractivity contribution in [2.75, 3.05) is 32.8 Å². The highest BCUT2D eigenvalue weighted by atomic mass is 16.5. The van der Waals surface area contributed by atoms with Crippen molar-refractivity contribution in [2.45, 2.75) is 13.0 Å². The zero-order valence-corrected chi connectivity index (χ0v) is 16.3. The van der Waals surface area contributed by atoms with E-state index in [0.717, 1.165) is 5.56 Å². The molecule has 0 aliphatic carbocycles. The van der Waals surface area contributed by atoms with Crippen molar-refractivity contribution in [3.8, 4) is 0 Å². The number of ether oxygens (including phenoxy) is 2. The lowest BCUT2D eigenvalue weighted by molar-refractivity contribution is -0.162. The molecule has 0 unspecified atom stereocenters. The monoisotopic (exact) mass is 396 g/mol. The summed E-state index contributed by atoms with van der Waals surface area (Å²) in [4.78, 5) is 39.1. The number of morpholine rings is 1. The smallest absolute Gasteiger partial charge is 0.326 e. The van der Waals surface area contributed by atoms with Crippen LogP contribution in [0, 0.1) is 6.92 Å². The maximum Gasteiger partial charge on any atom is 0.326 e. The molecule has 29 heavy (non-hydrogen) atoms. The van der Waals surface area contributed by atoms with Crippen LogP contribution in [0.4, 0.5) is 0 Å². The number of benzene rings is 2. The number of amides is 2. The summed E-state index contributed by atoms with van der Waals surface area (Å²) in [5.41, 5.74) is 2.07. The fraction of sp³-hybridized carbons (Fsp3) is 0.318. The molecule has 0 saturated carbocycles. The topological polar surface area (TPSA) is 84.9 Å². The van der Waals surface area contributed by atoms with E-state index in [2.05, 4.69) is 5.32 Å². The predicted octanol–water partition coefficient (Wildman–Crippen LogP) is 1.87. The Bertz CT molecular complexity index is 845. The van der Waals surface area contributed by atoms with Gasteiger partial charge in [0.05, 0.1) is 13.2 Å². The highest BCUT2D eigenvalue weighted by molar-refractivity contribution is 5.96. The van der Waals surface area contributed by atoms with Gasteiger partial charge in [-0.1, -0.05) is 48.0 Å². The van der Waals surface area contributed by atoms with Crippen LogP contribution in [0.2, 0.25) is 0 Å². The number of carbonyl (C=O) groups excluding carboxylic acids is 3. The van der Waals surface area contributed by atoms with Crippen molar-refractivity contribution >= 4 is 17.8 Å². The van der Waals surface area contributed by atoms with Gasteiger partial charge in [0, 0.05) is 24.2 Å². The Hall–Kier alpha value is -3.19. The standard InChI is InChI=1S/C22H24N2O5/c1-16-7-9-18(10-8-16)21(26)23-15-19(25)29-20(17-5-3-2-4-6-17)22(27)24-11-13-28-14-12-24/h2-10,20H,11-15H2,1H3,(H,23,26)/t20-/m1/s1. The molecule has 1 fully saturated rings. The largest absolute Gasteiger partial charge is 0.446 e. The minimum atomic E-state index is -1.06. The van der Waals surface area contributed by atoms with Gasteiger partial charge in [-0.15, -0.1) is 0 Å². The maximum atomic E-state index is 12.9. The molecule has 1 aliphatic rings. The summed E-state index contributed by atoms with van der Waals surface area (Å²) >= 11 is 0. The SMILES string of the molecule is Cc1ccc(C(=O)NCC(=O)O[C@@H](C(=O)N2CCOCC2)c2ccccc2)cc1. The third-order valence-corrected chi connectivity index (χ3v) is 4.61. The first-order valence-electron chi connectivity index (χ1n) is 9.50. The molecule has 2 aromatic carbocycles. The average molecular weight is 396 g/mol. The van der Waals surface area contributed by atoms with Crippen LogP contribution in [-0.2, 0) is 19.1 Å². The van der Waals surface area contributed by atoms with E-state index in [-0.39, 0.29) is 18.4 Å². The summed E-state index contributed by atoms with van der Waals surface area (Å²) in [6, 6.07) is 15.9. The van der Waals surface area contributed by atoms with Crippen molar-refractivity contribution in [1.29, 1.82) is 0 Å². The Morgan fingerprint density at radius 3 is 2.34 bits per heavy atom. The second-order valence-electron chi connectivity index (χ2n) is 6.77. The summed E-state index contributed by atoms with van der Waals surface area (Å²) in [5, 5.41) is 2.54. The number of nitrogens with one attached hydrogen (secondary N) is 1. The van der Waals surface area contributed by atoms with Crippen molar-refractivity contribution < 1.29 is 23.9 Å². The van der Waals surface area contributed by atoms with Gasteiger partial charge in [-0.3, -0.25) is 14.4 Å². The maximum absolute atomic E-state index is 12.9. The molecule has 0 aromatic heterocycles. The summed E-state index contributed by atoms with van der Waals surface area (Å²) in [6.07, 6.45) is -1.06. The van der Waals surface area contributed by atoms with E-state index in [1.165, 1.54) is 0 Å². The van der Waals surface area contributed by atoms with Gasteiger partial charge < -0.3 is 19.7 Å². The van der Waals surface area contributed by atoms with Gasteiger partial charge in [-0.2, -0.15) is 0 Å². The lowest BCUT2D eigenvalue weighted by atomic mass is 10.1. The average Bonchev–Trinajstić information content (AvgIpc) is 2.77. The quantitative estimate of drug-likeness (QED) is 0.754. The number of hydrogen-bond donors (Lipinski definition) is 1. The fourth-order valence-electron chi connectivity index (χ4n) is 2.97. The number of rotatable bonds is 6. The van der Waals surface area contributed by atoms with E-state index in [0.29, 0.717) is 37.4 Å². The van der Waals surface area contributed by atoms with Gasteiger partial charge in [0.1, 0.15) is 6.54 Å². The van der Waals surface area contributed by atoms with E-state index in [1.807, 2.05) is 25.1 Å². The molecule has 1 heterocycles. The number of nitrogens with zero attached hydrogens (tertiary/aromatic N) is 1. The van der Waals surface area contributed by atoms with Crippen LogP contribution >= 0.6 is 0 Å². The Labute approximate surface area is 169 Å². The number of hydrogen-bond acceptors (Lipinski definition) is 5. The van der Waals surface area contributed by atoms with Crippen LogP contribution in [0.25, 0.3) is 0 Å². The molecule has 1 aliphatic heterocycles. The van der Waals surface area contributed by atoms with E-state index in [9.17, 15) is 14.4 Å². The molecule has 3 rings (SSSR count). The first-order valence-corrected chi connectivity index (χ1v) is 9.50. The van der Waals surface area contributed by atoms with Crippen LogP contribution in [0.15, 0.2) is 54.6 Å². The molecule has 152 valence electrons. The van der Waals surface area contributed by atoms with Gasteiger partial charge in [0.15, 0.2) is 0 Å². The molecule has 1 N–H and O–H groups in total. The highest BCUT2D eigenvalue weighted by Crippen LogP contribution is 2.21. The third kappa shape index (κ3) is 5.65.